The zero-order chi connectivity index (χ0) is 15.7. The van der Waals surface area contributed by atoms with Crippen molar-refractivity contribution in [1.29, 1.82) is 0 Å². The summed E-state index contributed by atoms with van der Waals surface area (Å²) in [7, 11) is 4.01. The average molecular weight is 330 g/mol. The van der Waals surface area contributed by atoms with Crippen LogP contribution in [0.3, 0.4) is 0 Å². The van der Waals surface area contributed by atoms with Crippen LogP contribution in [-0.4, -0.2) is 42.6 Å². The Balaban J connectivity index is 2.23. The summed E-state index contributed by atoms with van der Waals surface area (Å²) in [5, 5.41) is 0. The number of rotatable bonds is 8. The van der Waals surface area contributed by atoms with E-state index in [4.69, 9.17) is 16.2 Å². The fourth-order valence-corrected chi connectivity index (χ4v) is 3.43. The minimum atomic E-state index is -0.739. The van der Waals surface area contributed by atoms with Gasteiger partial charge in [-0.05, 0) is 12.1 Å². The van der Waals surface area contributed by atoms with Crippen LogP contribution in [0.4, 0.5) is 0 Å². The van der Waals surface area contributed by atoms with Gasteiger partial charge in [0.15, 0.2) is 0 Å². The molecule has 0 heterocycles. The van der Waals surface area contributed by atoms with Gasteiger partial charge in [-0.2, -0.15) is 0 Å². The van der Waals surface area contributed by atoms with Crippen molar-refractivity contribution in [3.8, 4) is 5.75 Å². The van der Waals surface area contributed by atoms with E-state index >= 15 is 0 Å². The quantitative estimate of drug-likeness (QED) is 0.312. The predicted octanol–water partition coefficient (Wildman–Crippen LogP) is 0.801. The highest BCUT2D eigenvalue weighted by atomic mass is 33.1. The van der Waals surface area contributed by atoms with Gasteiger partial charge in [0.25, 0.3) is 0 Å². The van der Waals surface area contributed by atoms with E-state index in [1.54, 1.807) is 24.3 Å². The molecular formula is C13H18N2O4S2. The van der Waals surface area contributed by atoms with E-state index in [1.807, 2.05) is 6.07 Å². The van der Waals surface area contributed by atoms with E-state index < -0.39 is 24.0 Å². The Hall–Kier alpha value is -1.22. The van der Waals surface area contributed by atoms with Crippen LogP contribution in [0.1, 0.15) is 0 Å². The molecule has 0 radical (unpaired) electrons. The number of esters is 2. The Kier molecular flexibility index (Phi) is 8.21. The molecule has 0 aliphatic rings. The first-order valence-corrected chi connectivity index (χ1v) is 8.63. The first-order valence-electron chi connectivity index (χ1n) is 6.14. The smallest absolute Gasteiger partial charge is 0.329 e. The Morgan fingerprint density at radius 1 is 1.05 bits per heavy atom. The molecule has 0 spiro atoms. The molecule has 0 amide bonds. The number of ether oxygens (including phenoxy) is 2. The Morgan fingerprint density at radius 2 is 1.57 bits per heavy atom. The SMILES string of the molecule is COC(=O)[C@@H](N)CSSC[C@H](N)C(=O)Oc1ccccc1. The molecule has 0 saturated carbocycles. The number of hydrogen-bond acceptors (Lipinski definition) is 8. The summed E-state index contributed by atoms with van der Waals surface area (Å²) in [5.74, 6) is 0.257. The zero-order valence-electron chi connectivity index (χ0n) is 11.6. The average Bonchev–Trinajstić information content (AvgIpc) is 2.51. The van der Waals surface area contributed by atoms with E-state index in [2.05, 4.69) is 4.74 Å². The highest BCUT2D eigenvalue weighted by Crippen LogP contribution is 2.22. The van der Waals surface area contributed by atoms with Crippen LogP contribution >= 0.6 is 21.6 Å². The van der Waals surface area contributed by atoms with Gasteiger partial charge in [0.2, 0.25) is 0 Å². The molecule has 8 heteroatoms. The van der Waals surface area contributed by atoms with Gasteiger partial charge in [-0.1, -0.05) is 39.8 Å². The van der Waals surface area contributed by atoms with Crippen LogP contribution < -0.4 is 16.2 Å². The maximum Gasteiger partial charge on any atom is 0.329 e. The summed E-state index contributed by atoms with van der Waals surface area (Å²) in [6.45, 7) is 0. The van der Waals surface area contributed by atoms with Crippen molar-refractivity contribution in [3.63, 3.8) is 0 Å². The fraction of sp³-hybridized carbons (Fsp3) is 0.385. The molecule has 0 aliphatic heterocycles. The standard InChI is InChI=1S/C13H18N2O4S2/c1-18-12(16)10(14)7-20-21-8-11(15)13(17)19-9-5-3-2-4-6-9/h2-6,10-11H,7-8,14-15H2,1H3/t10-,11-/m0/s1. The third kappa shape index (κ3) is 6.85. The molecule has 0 fully saturated rings. The molecule has 6 nitrogen and oxygen atoms in total. The maximum absolute atomic E-state index is 11.7. The van der Waals surface area contributed by atoms with Gasteiger partial charge >= 0.3 is 11.9 Å². The number of carbonyl (C=O) groups excluding carboxylic acids is 2. The van der Waals surface area contributed by atoms with E-state index in [9.17, 15) is 9.59 Å². The van der Waals surface area contributed by atoms with E-state index in [1.165, 1.54) is 28.7 Å². The number of hydrogen-bond donors (Lipinski definition) is 2. The molecule has 1 aromatic carbocycles. The van der Waals surface area contributed by atoms with E-state index in [0.29, 0.717) is 17.3 Å². The summed E-state index contributed by atoms with van der Waals surface area (Å²) >= 11 is 0. The molecule has 116 valence electrons. The van der Waals surface area contributed by atoms with Gasteiger partial charge in [-0.15, -0.1) is 0 Å². The van der Waals surface area contributed by atoms with Gasteiger partial charge in [0.1, 0.15) is 17.8 Å². The van der Waals surface area contributed by atoms with Crippen LogP contribution in [0.5, 0.6) is 5.75 Å². The van der Waals surface area contributed by atoms with E-state index in [-0.39, 0.29) is 0 Å². The topological polar surface area (TPSA) is 105 Å². The summed E-state index contributed by atoms with van der Waals surface area (Å²) in [4.78, 5) is 22.8. The van der Waals surface area contributed by atoms with Crippen LogP contribution in [-0.2, 0) is 14.3 Å². The minimum Gasteiger partial charge on any atom is -0.468 e. The fourth-order valence-electron chi connectivity index (χ4n) is 1.21. The van der Waals surface area contributed by atoms with Crippen LogP contribution in [0.15, 0.2) is 30.3 Å². The van der Waals surface area contributed by atoms with Gasteiger partial charge in [0.05, 0.1) is 7.11 Å². The van der Waals surface area contributed by atoms with Gasteiger partial charge in [0, 0.05) is 11.5 Å². The normalized spacial score (nSPS) is 13.3. The third-order valence-electron chi connectivity index (χ3n) is 2.35. The number of carbonyl (C=O) groups is 2. The molecular weight excluding hydrogens is 312 g/mol. The first-order chi connectivity index (χ1) is 10.0. The van der Waals surface area contributed by atoms with Crippen molar-refractivity contribution in [2.24, 2.45) is 11.5 Å². The molecule has 2 atom stereocenters. The molecule has 4 N–H and O–H groups in total. The third-order valence-corrected chi connectivity index (χ3v) is 4.82. The van der Waals surface area contributed by atoms with Gasteiger partial charge < -0.3 is 20.9 Å². The molecule has 0 saturated heterocycles. The predicted molar refractivity (Wildman–Crippen MR) is 85.0 cm³/mol. The second-order valence-corrected chi connectivity index (χ2v) is 6.59. The van der Waals surface area contributed by atoms with Crippen LogP contribution in [0.2, 0.25) is 0 Å². The lowest BCUT2D eigenvalue weighted by Gasteiger charge is -2.11. The van der Waals surface area contributed by atoms with Crippen LogP contribution in [0.25, 0.3) is 0 Å². The lowest BCUT2D eigenvalue weighted by Crippen LogP contribution is -2.36. The minimum absolute atomic E-state index is 0.365. The molecule has 0 aliphatic carbocycles. The zero-order valence-corrected chi connectivity index (χ0v) is 13.2. The van der Waals surface area contributed by atoms with Crippen molar-refractivity contribution in [2.75, 3.05) is 18.6 Å². The highest BCUT2D eigenvalue weighted by Gasteiger charge is 2.18. The van der Waals surface area contributed by atoms with Gasteiger partial charge in [-0.3, -0.25) is 4.79 Å². The summed E-state index contributed by atoms with van der Waals surface area (Å²) in [6.07, 6.45) is 0. The van der Waals surface area contributed by atoms with Crippen LogP contribution in [0, 0.1) is 0 Å². The largest absolute Gasteiger partial charge is 0.468 e. The number of nitrogens with two attached hydrogens (primary N) is 2. The lowest BCUT2D eigenvalue weighted by molar-refractivity contribution is -0.141. The van der Waals surface area contributed by atoms with Crippen molar-refractivity contribution in [3.05, 3.63) is 30.3 Å². The number of para-hydroxylation sites is 1. The Labute approximate surface area is 131 Å². The molecule has 21 heavy (non-hydrogen) atoms. The number of benzene rings is 1. The van der Waals surface area contributed by atoms with Crippen molar-refractivity contribution in [1.82, 2.24) is 0 Å². The highest BCUT2D eigenvalue weighted by molar-refractivity contribution is 8.76. The van der Waals surface area contributed by atoms with E-state index in [0.717, 1.165) is 0 Å². The Bertz CT molecular complexity index is 459. The monoisotopic (exact) mass is 330 g/mol. The molecule has 0 bridgehead atoms. The second-order valence-electron chi connectivity index (χ2n) is 4.04. The van der Waals surface area contributed by atoms with Crippen molar-refractivity contribution < 1.29 is 19.1 Å². The van der Waals surface area contributed by atoms with Crippen molar-refractivity contribution >= 4 is 33.5 Å². The van der Waals surface area contributed by atoms with Gasteiger partial charge in [-0.25, -0.2) is 4.79 Å². The molecule has 0 unspecified atom stereocenters. The molecule has 1 aromatic rings. The summed E-state index contributed by atoms with van der Waals surface area (Å²) < 4.78 is 9.63. The number of methoxy groups -OCH3 is 1. The maximum atomic E-state index is 11.7. The second kappa shape index (κ2) is 9.67. The molecule has 1 rings (SSSR count). The van der Waals surface area contributed by atoms with Crippen molar-refractivity contribution in [2.45, 2.75) is 12.1 Å². The summed E-state index contributed by atoms with van der Waals surface area (Å²) in [5.41, 5.74) is 11.3. The summed E-state index contributed by atoms with van der Waals surface area (Å²) in [6, 6.07) is 7.31. The first kappa shape index (κ1) is 17.8. The Morgan fingerprint density at radius 3 is 2.10 bits per heavy atom. The molecule has 0 aromatic heterocycles. The lowest BCUT2D eigenvalue weighted by atomic mass is 10.3.